The number of hydrogen-bond donors (Lipinski definition) is 1. The van der Waals surface area contributed by atoms with Gasteiger partial charge in [0.05, 0.1) is 30.4 Å². The molecule has 0 bridgehead atoms. The van der Waals surface area contributed by atoms with Crippen molar-refractivity contribution in [3.63, 3.8) is 0 Å². The predicted octanol–water partition coefficient (Wildman–Crippen LogP) is 5.40. The van der Waals surface area contributed by atoms with Crippen LogP contribution in [0.25, 0.3) is 5.76 Å². The van der Waals surface area contributed by atoms with Gasteiger partial charge in [-0.3, -0.25) is 14.6 Å². The highest BCUT2D eigenvalue weighted by molar-refractivity contribution is 6.46. The van der Waals surface area contributed by atoms with Gasteiger partial charge in [-0.1, -0.05) is 43.6 Å². The summed E-state index contributed by atoms with van der Waals surface area (Å²) in [7, 11) is 1.46. The summed E-state index contributed by atoms with van der Waals surface area (Å²) in [5.74, 6) is -0.517. The molecule has 1 aromatic heterocycles. The molecule has 1 unspecified atom stereocenters. The molecule has 4 rings (SSSR count). The Bertz CT molecular complexity index is 1310. The number of aliphatic hydroxyl groups is 1. The summed E-state index contributed by atoms with van der Waals surface area (Å²) in [5.41, 5.74) is 1.69. The van der Waals surface area contributed by atoms with Crippen molar-refractivity contribution >= 4 is 29.1 Å². The smallest absolute Gasteiger partial charge is 0.295 e. The summed E-state index contributed by atoms with van der Waals surface area (Å²) in [6, 6.07) is 14.7. The minimum Gasteiger partial charge on any atom is -0.507 e. The number of ketones is 1. The lowest BCUT2D eigenvalue weighted by atomic mass is 9.95. The topological polar surface area (TPSA) is 89.0 Å². The summed E-state index contributed by atoms with van der Waals surface area (Å²) >= 11 is 6.15. The molecule has 1 aliphatic rings. The van der Waals surface area contributed by atoms with E-state index < -0.39 is 17.7 Å². The number of Topliss-reactive ketones (excluding diaryl/α,β-unsaturated/α-hetero) is 1. The largest absolute Gasteiger partial charge is 0.507 e. The van der Waals surface area contributed by atoms with Gasteiger partial charge in [-0.25, -0.2) is 0 Å². The fraction of sp³-hybridized carbons (Fsp3) is 0.250. The Hall–Kier alpha value is -3.84. The lowest BCUT2D eigenvalue weighted by Crippen LogP contribution is -2.29. The van der Waals surface area contributed by atoms with Gasteiger partial charge in [0.15, 0.2) is 0 Å². The van der Waals surface area contributed by atoms with Gasteiger partial charge < -0.3 is 19.5 Å². The first-order valence-electron chi connectivity index (χ1n) is 11.5. The number of nitrogens with zero attached hydrogens (tertiary/aromatic N) is 2. The molecular weight excluding hydrogens is 480 g/mol. The van der Waals surface area contributed by atoms with Crippen LogP contribution in [0.2, 0.25) is 5.02 Å². The van der Waals surface area contributed by atoms with Crippen LogP contribution in [-0.2, 0) is 16.1 Å². The molecule has 0 spiro atoms. The molecule has 1 saturated heterocycles. The van der Waals surface area contributed by atoms with E-state index in [0.29, 0.717) is 40.2 Å². The summed E-state index contributed by atoms with van der Waals surface area (Å²) in [6.45, 7) is 4.75. The van der Waals surface area contributed by atoms with Crippen molar-refractivity contribution in [2.75, 3.05) is 13.7 Å². The molecule has 186 valence electrons. The number of carbonyl (C=O) groups is 2. The average Bonchev–Trinajstić information content (AvgIpc) is 3.13. The zero-order valence-corrected chi connectivity index (χ0v) is 21.0. The molecule has 8 heteroatoms. The van der Waals surface area contributed by atoms with E-state index in [-0.39, 0.29) is 17.9 Å². The van der Waals surface area contributed by atoms with Crippen LogP contribution in [0, 0.1) is 5.92 Å². The van der Waals surface area contributed by atoms with E-state index in [1.54, 1.807) is 42.7 Å². The Morgan fingerprint density at radius 3 is 2.64 bits per heavy atom. The number of aromatic nitrogens is 1. The van der Waals surface area contributed by atoms with Crippen molar-refractivity contribution < 1.29 is 24.2 Å². The van der Waals surface area contributed by atoms with Crippen LogP contribution in [0.4, 0.5) is 0 Å². The van der Waals surface area contributed by atoms with E-state index in [1.807, 2.05) is 32.0 Å². The van der Waals surface area contributed by atoms with Gasteiger partial charge in [0.1, 0.15) is 17.3 Å². The number of halogens is 1. The molecule has 1 N–H and O–H groups in total. The molecule has 3 aromatic rings. The first kappa shape index (κ1) is 25.3. The standard InChI is InChI=1S/C28H27ClN2O5/c1-17(2)16-36-21-8-4-7-19(12-21)25-24(26(32)20-9-10-22(29)23(13-20)35-3)27(33)28(34)31(25)15-18-6-5-11-30-14-18/h4-14,17,25,32H,15-16H2,1-3H3/b26-24-. The van der Waals surface area contributed by atoms with Crippen LogP contribution in [0.1, 0.15) is 36.6 Å². The molecule has 0 radical (unpaired) electrons. The zero-order chi connectivity index (χ0) is 25.8. The van der Waals surface area contributed by atoms with E-state index in [4.69, 9.17) is 21.1 Å². The monoisotopic (exact) mass is 506 g/mol. The van der Waals surface area contributed by atoms with Gasteiger partial charge >= 0.3 is 0 Å². The highest BCUT2D eigenvalue weighted by Gasteiger charge is 2.46. The summed E-state index contributed by atoms with van der Waals surface area (Å²) in [4.78, 5) is 32.1. The minimum atomic E-state index is -0.838. The quantitative estimate of drug-likeness (QED) is 0.250. The van der Waals surface area contributed by atoms with E-state index >= 15 is 0 Å². The van der Waals surface area contributed by atoms with Gasteiger partial charge in [-0.15, -0.1) is 0 Å². The maximum Gasteiger partial charge on any atom is 0.295 e. The molecule has 1 aliphatic heterocycles. The molecule has 36 heavy (non-hydrogen) atoms. The van der Waals surface area contributed by atoms with Crippen molar-refractivity contribution in [2.45, 2.75) is 26.4 Å². The van der Waals surface area contributed by atoms with Crippen molar-refractivity contribution in [2.24, 2.45) is 5.92 Å². The number of benzene rings is 2. The third-order valence-electron chi connectivity index (χ3n) is 5.80. The van der Waals surface area contributed by atoms with Gasteiger partial charge in [0, 0.05) is 24.5 Å². The number of amides is 1. The second-order valence-corrected chi connectivity index (χ2v) is 9.32. The fourth-order valence-corrected chi connectivity index (χ4v) is 4.27. The van der Waals surface area contributed by atoms with Crippen molar-refractivity contribution in [3.05, 3.63) is 94.3 Å². The van der Waals surface area contributed by atoms with Crippen molar-refractivity contribution in [1.82, 2.24) is 9.88 Å². The van der Waals surface area contributed by atoms with Gasteiger partial charge in [-0.2, -0.15) is 0 Å². The number of likely N-dealkylation sites (tertiary alicyclic amines) is 1. The van der Waals surface area contributed by atoms with Crippen LogP contribution in [-0.4, -0.2) is 40.4 Å². The van der Waals surface area contributed by atoms with E-state index in [1.165, 1.54) is 18.1 Å². The number of aliphatic hydroxyl groups excluding tert-OH is 1. The lowest BCUT2D eigenvalue weighted by Gasteiger charge is -2.26. The van der Waals surface area contributed by atoms with E-state index in [0.717, 1.165) is 5.56 Å². The number of pyridine rings is 1. The first-order chi connectivity index (χ1) is 17.3. The molecule has 7 nitrogen and oxygen atoms in total. The molecule has 0 saturated carbocycles. The van der Waals surface area contributed by atoms with Crippen LogP contribution in [0.5, 0.6) is 11.5 Å². The highest BCUT2D eigenvalue weighted by Crippen LogP contribution is 2.41. The Morgan fingerprint density at radius 2 is 1.94 bits per heavy atom. The average molecular weight is 507 g/mol. The predicted molar refractivity (Wildman–Crippen MR) is 137 cm³/mol. The fourth-order valence-electron chi connectivity index (χ4n) is 4.08. The van der Waals surface area contributed by atoms with Gasteiger partial charge in [0.2, 0.25) is 0 Å². The van der Waals surface area contributed by atoms with Crippen LogP contribution in [0.15, 0.2) is 72.6 Å². The molecule has 2 aromatic carbocycles. The third-order valence-corrected chi connectivity index (χ3v) is 6.11. The normalized spacial score (nSPS) is 17.0. The highest BCUT2D eigenvalue weighted by atomic mass is 35.5. The number of rotatable bonds is 8. The summed E-state index contributed by atoms with van der Waals surface area (Å²) in [5, 5.41) is 11.7. The molecule has 1 atom stereocenters. The number of methoxy groups -OCH3 is 1. The van der Waals surface area contributed by atoms with E-state index in [2.05, 4.69) is 4.98 Å². The minimum absolute atomic E-state index is 0.0192. The Morgan fingerprint density at radius 1 is 1.14 bits per heavy atom. The van der Waals surface area contributed by atoms with Gasteiger partial charge in [-0.05, 0) is 53.4 Å². The molecule has 2 heterocycles. The Kier molecular flexibility index (Phi) is 7.60. The first-order valence-corrected chi connectivity index (χ1v) is 11.9. The maximum absolute atomic E-state index is 13.3. The Balaban J connectivity index is 1.85. The molecule has 1 fully saturated rings. The SMILES string of the molecule is COc1cc(/C(O)=C2/C(=O)C(=O)N(Cc3cccnc3)C2c2cccc(OCC(C)C)c2)ccc1Cl. The van der Waals surface area contributed by atoms with Crippen molar-refractivity contribution in [3.8, 4) is 11.5 Å². The number of hydrogen-bond acceptors (Lipinski definition) is 6. The van der Waals surface area contributed by atoms with Crippen molar-refractivity contribution in [1.29, 1.82) is 0 Å². The van der Waals surface area contributed by atoms with Crippen LogP contribution in [0.3, 0.4) is 0 Å². The second-order valence-electron chi connectivity index (χ2n) is 8.91. The summed E-state index contributed by atoms with van der Waals surface area (Å²) in [6.07, 6.45) is 3.28. The van der Waals surface area contributed by atoms with E-state index in [9.17, 15) is 14.7 Å². The maximum atomic E-state index is 13.3. The lowest BCUT2D eigenvalue weighted by molar-refractivity contribution is -0.140. The zero-order valence-electron chi connectivity index (χ0n) is 20.3. The molecule has 1 amide bonds. The van der Waals surface area contributed by atoms with Gasteiger partial charge in [0.25, 0.3) is 11.7 Å². The number of ether oxygens (including phenoxy) is 2. The second kappa shape index (κ2) is 10.8. The molecule has 0 aliphatic carbocycles. The molecular formula is C28H27ClN2O5. The number of carbonyl (C=O) groups excluding carboxylic acids is 2. The Labute approximate surface area is 214 Å². The summed E-state index contributed by atoms with van der Waals surface area (Å²) < 4.78 is 11.2. The third kappa shape index (κ3) is 5.21. The van der Waals surface area contributed by atoms with Crippen LogP contribution >= 0.6 is 11.6 Å². The van der Waals surface area contributed by atoms with Crippen LogP contribution < -0.4 is 9.47 Å².